The molecule has 0 unspecified atom stereocenters. The molecule has 1 fully saturated rings. The Kier molecular flexibility index (Phi) is 8.63. The second kappa shape index (κ2) is 9.97. The topological polar surface area (TPSA) is 83.0 Å². The molecular weight excluding hydrogens is 292 g/mol. The van der Waals surface area contributed by atoms with Crippen molar-refractivity contribution in [3.8, 4) is 0 Å². The lowest BCUT2D eigenvalue weighted by molar-refractivity contribution is 0.145. The molecule has 0 atom stereocenters. The molecule has 1 aliphatic rings. The number of nitrogens with zero attached hydrogens (tertiary/aromatic N) is 2. The lowest BCUT2D eigenvalue weighted by Gasteiger charge is -2.26. The van der Waals surface area contributed by atoms with Gasteiger partial charge in [0.1, 0.15) is 0 Å². The minimum absolute atomic E-state index is 0.275. The van der Waals surface area contributed by atoms with Gasteiger partial charge in [-0.1, -0.05) is 0 Å². The SMILES string of the molecule is CCOCCCNC(=NC)NCCN1CCS(=O)(=O)CC1. The molecule has 0 aromatic heterocycles. The Morgan fingerprint density at radius 2 is 1.90 bits per heavy atom. The van der Waals surface area contributed by atoms with E-state index in [0.29, 0.717) is 13.1 Å². The van der Waals surface area contributed by atoms with Gasteiger partial charge in [-0.3, -0.25) is 9.89 Å². The van der Waals surface area contributed by atoms with Crippen molar-refractivity contribution in [3.63, 3.8) is 0 Å². The molecule has 7 nitrogen and oxygen atoms in total. The average molecular weight is 320 g/mol. The molecule has 1 saturated heterocycles. The number of hydrogen-bond donors (Lipinski definition) is 2. The lowest BCUT2D eigenvalue weighted by Crippen LogP contribution is -2.46. The minimum atomic E-state index is -2.79. The monoisotopic (exact) mass is 320 g/mol. The number of rotatable bonds is 8. The first kappa shape index (κ1) is 18.2. The van der Waals surface area contributed by atoms with E-state index >= 15 is 0 Å². The molecule has 0 aliphatic carbocycles. The van der Waals surface area contributed by atoms with E-state index in [2.05, 4.69) is 20.5 Å². The Hall–Kier alpha value is -0.860. The highest BCUT2D eigenvalue weighted by Gasteiger charge is 2.20. The van der Waals surface area contributed by atoms with Crippen LogP contribution in [0.4, 0.5) is 0 Å². The lowest BCUT2D eigenvalue weighted by atomic mass is 10.4. The molecule has 124 valence electrons. The molecule has 0 spiro atoms. The van der Waals surface area contributed by atoms with Gasteiger partial charge >= 0.3 is 0 Å². The van der Waals surface area contributed by atoms with Gasteiger partial charge in [0.2, 0.25) is 0 Å². The van der Waals surface area contributed by atoms with E-state index in [-0.39, 0.29) is 11.5 Å². The molecule has 8 heteroatoms. The summed E-state index contributed by atoms with van der Waals surface area (Å²) in [6, 6.07) is 0. The van der Waals surface area contributed by atoms with Crippen molar-refractivity contribution in [2.75, 3.05) is 64.5 Å². The zero-order chi connectivity index (χ0) is 15.6. The van der Waals surface area contributed by atoms with Crippen molar-refractivity contribution in [1.29, 1.82) is 0 Å². The summed E-state index contributed by atoms with van der Waals surface area (Å²) < 4.78 is 27.9. The summed E-state index contributed by atoms with van der Waals surface area (Å²) in [7, 11) is -1.05. The molecule has 21 heavy (non-hydrogen) atoms. The Labute approximate surface area is 128 Å². The van der Waals surface area contributed by atoms with Gasteiger partial charge in [0, 0.05) is 53.0 Å². The third-order valence-corrected chi connectivity index (χ3v) is 4.95. The van der Waals surface area contributed by atoms with Crippen molar-refractivity contribution < 1.29 is 13.2 Å². The molecule has 0 bridgehead atoms. The molecular formula is C13H28N4O3S. The van der Waals surface area contributed by atoms with Crippen molar-refractivity contribution in [3.05, 3.63) is 0 Å². The highest BCUT2D eigenvalue weighted by Crippen LogP contribution is 2.02. The highest BCUT2D eigenvalue weighted by molar-refractivity contribution is 7.91. The van der Waals surface area contributed by atoms with Gasteiger partial charge < -0.3 is 15.4 Å². The maximum Gasteiger partial charge on any atom is 0.191 e. The number of hydrogen-bond acceptors (Lipinski definition) is 5. The van der Waals surface area contributed by atoms with Gasteiger partial charge in [0.05, 0.1) is 11.5 Å². The van der Waals surface area contributed by atoms with Gasteiger partial charge in [0.15, 0.2) is 15.8 Å². The Balaban J connectivity index is 2.10. The molecule has 0 amide bonds. The molecule has 0 radical (unpaired) electrons. The maximum atomic E-state index is 11.3. The summed E-state index contributed by atoms with van der Waals surface area (Å²) in [5, 5.41) is 6.46. The zero-order valence-electron chi connectivity index (χ0n) is 13.1. The number of nitrogens with one attached hydrogen (secondary N) is 2. The first-order valence-corrected chi connectivity index (χ1v) is 9.34. The fourth-order valence-corrected chi connectivity index (χ4v) is 3.33. The minimum Gasteiger partial charge on any atom is -0.382 e. The van der Waals surface area contributed by atoms with E-state index < -0.39 is 9.84 Å². The van der Waals surface area contributed by atoms with E-state index in [1.165, 1.54) is 0 Å². The van der Waals surface area contributed by atoms with Crippen molar-refractivity contribution in [1.82, 2.24) is 15.5 Å². The van der Waals surface area contributed by atoms with Crippen molar-refractivity contribution in [2.45, 2.75) is 13.3 Å². The maximum absolute atomic E-state index is 11.3. The van der Waals surface area contributed by atoms with Crippen molar-refractivity contribution >= 4 is 15.8 Å². The fourth-order valence-electron chi connectivity index (χ4n) is 2.05. The standard InChI is InChI=1S/C13H28N4O3S/c1-3-20-10-4-5-15-13(14-2)16-6-7-17-8-11-21(18,19)12-9-17/h3-12H2,1-2H3,(H2,14,15,16). The van der Waals surface area contributed by atoms with Crippen LogP contribution in [-0.2, 0) is 14.6 Å². The Morgan fingerprint density at radius 1 is 1.24 bits per heavy atom. The molecule has 1 aliphatic heterocycles. The van der Waals surface area contributed by atoms with Crippen LogP contribution in [0.1, 0.15) is 13.3 Å². The smallest absolute Gasteiger partial charge is 0.191 e. The van der Waals surface area contributed by atoms with Gasteiger partial charge in [-0.25, -0.2) is 8.42 Å². The second-order valence-corrected chi connectivity index (χ2v) is 7.27. The highest BCUT2D eigenvalue weighted by atomic mass is 32.2. The largest absolute Gasteiger partial charge is 0.382 e. The Morgan fingerprint density at radius 3 is 2.52 bits per heavy atom. The van der Waals surface area contributed by atoms with Crippen LogP contribution < -0.4 is 10.6 Å². The van der Waals surface area contributed by atoms with E-state index in [9.17, 15) is 8.42 Å². The van der Waals surface area contributed by atoms with Crippen molar-refractivity contribution in [2.24, 2.45) is 4.99 Å². The quantitative estimate of drug-likeness (QED) is 0.350. The van der Waals surface area contributed by atoms with Crippen LogP contribution in [-0.4, -0.2) is 83.8 Å². The zero-order valence-corrected chi connectivity index (χ0v) is 13.9. The van der Waals surface area contributed by atoms with Gasteiger partial charge in [-0.15, -0.1) is 0 Å². The van der Waals surface area contributed by atoms with Crippen LogP contribution in [0, 0.1) is 0 Å². The van der Waals surface area contributed by atoms with Gasteiger partial charge in [-0.05, 0) is 13.3 Å². The number of guanidine groups is 1. The van der Waals surface area contributed by atoms with E-state index in [1.807, 2.05) is 6.92 Å². The Bertz CT molecular complexity index is 398. The van der Waals surface area contributed by atoms with Crippen LogP contribution in [0.25, 0.3) is 0 Å². The van der Waals surface area contributed by atoms with E-state index in [4.69, 9.17) is 4.74 Å². The predicted octanol–water partition coefficient (Wildman–Crippen LogP) is -0.692. The predicted molar refractivity (Wildman–Crippen MR) is 85.6 cm³/mol. The molecule has 0 saturated carbocycles. The molecule has 1 heterocycles. The molecule has 2 N–H and O–H groups in total. The molecule has 1 rings (SSSR count). The summed E-state index contributed by atoms with van der Waals surface area (Å²) in [4.78, 5) is 6.31. The second-order valence-electron chi connectivity index (χ2n) is 4.97. The first-order chi connectivity index (χ1) is 10.1. The van der Waals surface area contributed by atoms with Crippen LogP contribution in [0.2, 0.25) is 0 Å². The van der Waals surface area contributed by atoms with Crippen LogP contribution in [0.3, 0.4) is 0 Å². The normalized spacial score (nSPS) is 19.4. The fraction of sp³-hybridized carbons (Fsp3) is 0.923. The third kappa shape index (κ3) is 8.23. The van der Waals surface area contributed by atoms with E-state index in [1.54, 1.807) is 7.05 Å². The molecule has 0 aromatic carbocycles. The number of aliphatic imine (C=N–C) groups is 1. The van der Waals surface area contributed by atoms with Crippen LogP contribution in [0.15, 0.2) is 4.99 Å². The van der Waals surface area contributed by atoms with Gasteiger partial charge in [-0.2, -0.15) is 0 Å². The summed E-state index contributed by atoms with van der Waals surface area (Å²) in [5.41, 5.74) is 0. The third-order valence-electron chi connectivity index (χ3n) is 3.34. The summed E-state index contributed by atoms with van der Waals surface area (Å²) in [6.45, 7) is 7.15. The van der Waals surface area contributed by atoms with Gasteiger partial charge in [0.25, 0.3) is 0 Å². The summed E-state index contributed by atoms with van der Waals surface area (Å²) in [5.74, 6) is 1.32. The summed E-state index contributed by atoms with van der Waals surface area (Å²) >= 11 is 0. The molecule has 0 aromatic rings. The van der Waals surface area contributed by atoms with Crippen LogP contribution >= 0.6 is 0 Å². The number of sulfone groups is 1. The van der Waals surface area contributed by atoms with Crippen LogP contribution in [0.5, 0.6) is 0 Å². The van der Waals surface area contributed by atoms with E-state index in [0.717, 1.165) is 45.2 Å². The summed E-state index contributed by atoms with van der Waals surface area (Å²) in [6.07, 6.45) is 0.943. The first-order valence-electron chi connectivity index (χ1n) is 7.52. The number of ether oxygens (including phenoxy) is 1. The average Bonchev–Trinajstić information content (AvgIpc) is 2.47.